The van der Waals surface area contributed by atoms with Crippen molar-refractivity contribution in [2.24, 2.45) is 0 Å². The maximum absolute atomic E-state index is 11.7. The van der Waals surface area contributed by atoms with E-state index in [0.29, 0.717) is 11.3 Å². The molecule has 0 amide bonds. The molecule has 0 aliphatic heterocycles. The lowest BCUT2D eigenvalue weighted by atomic mass is 9.95. The third-order valence-corrected chi connectivity index (χ3v) is 4.99. The maximum atomic E-state index is 11.7. The lowest BCUT2D eigenvalue weighted by Crippen LogP contribution is -2.40. The molecule has 0 spiro atoms. The van der Waals surface area contributed by atoms with Gasteiger partial charge in [0.1, 0.15) is 0 Å². The van der Waals surface area contributed by atoms with Crippen molar-refractivity contribution in [3.8, 4) is 0 Å². The van der Waals surface area contributed by atoms with Gasteiger partial charge in [-0.3, -0.25) is 4.79 Å². The molecule has 112 valence electrons. The summed E-state index contributed by atoms with van der Waals surface area (Å²) < 4.78 is 0. The Balaban J connectivity index is 2.09. The van der Waals surface area contributed by atoms with Crippen LogP contribution in [0.25, 0.3) is 0 Å². The van der Waals surface area contributed by atoms with Crippen LogP contribution in [0, 0.1) is 0 Å². The molecule has 1 aromatic rings. The van der Waals surface area contributed by atoms with Gasteiger partial charge in [-0.05, 0) is 25.8 Å². The van der Waals surface area contributed by atoms with Crippen LogP contribution in [0.15, 0.2) is 16.0 Å². The number of nitrogens with zero attached hydrogens (tertiary/aromatic N) is 1. The first-order valence-corrected chi connectivity index (χ1v) is 8.61. The Hall–Kier alpha value is -0.810. The highest BCUT2D eigenvalue weighted by Crippen LogP contribution is 2.32. The van der Waals surface area contributed by atoms with Crippen molar-refractivity contribution >= 4 is 11.8 Å². The van der Waals surface area contributed by atoms with Crippen molar-refractivity contribution in [3.05, 3.63) is 22.1 Å². The maximum Gasteiger partial charge on any atom is 0.251 e. The molecule has 0 saturated heterocycles. The zero-order chi connectivity index (χ0) is 14.4. The molecule has 4 nitrogen and oxygen atoms in total. The molecule has 1 saturated carbocycles. The number of H-pyrrole nitrogens is 1. The highest BCUT2D eigenvalue weighted by molar-refractivity contribution is 7.99. The molecule has 2 atom stereocenters. The number of hydrogen-bond acceptors (Lipinski definition) is 4. The Kier molecular flexibility index (Phi) is 6.10. The van der Waals surface area contributed by atoms with Crippen LogP contribution in [0.1, 0.15) is 51.6 Å². The van der Waals surface area contributed by atoms with Crippen molar-refractivity contribution in [3.63, 3.8) is 0 Å². The zero-order valence-corrected chi connectivity index (χ0v) is 13.3. The van der Waals surface area contributed by atoms with E-state index in [1.54, 1.807) is 17.8 Å². The van der Waals surface area contributed by atoms with E-state index < -0.39 is 0 Å². The Morgan fingerprint density at radius 1 is 1.40 bits per heavy atom. The number of nitrogens with one attached hydrogen (secondary N) is 2. The van der Waals surface area contributed by atoms with Crippen LogP contribution < -0.4 is 10.9 Å². The molecule has 0 radical (unpaired) electrons. The van der Waals surface area contributed by atoms with Crippen LogP contribution in [0.3, 0.4) is 0 Å². The number of aromatic nitrogens is 2. The van der Waals surface area contributed by atoms with Crippen LogP contribution in [-0.4, -0.2) is 27.8 Å². The fourth-order valence-electron chi connectivity index (χ4n) is 2.80. The Labute approximate surface area is 125 Å². The van der Waals surface area contributed by atoms with Gasteiger partial charge in [0.05, 0.1) is 0 Å². The molecule has 1 fully saturated rings. The van der Waals surface area contributed by atoms with Crippen molar-refractivity contribution < 1.29 is 0 Å². The lowest BCUT2D eigenvalue weighted by molar-refractivity contribution is 0.390. The van der Waals surface area contributed by atoms with Crippen LogP contribution in [-0.2, 0) is 6.42 Å². The molecular formula is C15H25N3OS. The summed E-state index contributed by atoms with van der Waals surface area (Å²) in [7, 11) is 0. The fourth-order valence-corrected chi connectivity index (χ4v) is 4.10. The molecule has 2 unspecified atom stereocenters. The zero-order valence-electron chi connectivity index (χ0n) is 12.4. The monoisotopic (exact) mass is 295 g/mol. The summed E-state index contributed by atoms with van der Waals surface area (Å²) in [5, 5.41) is 4.87. The summed E-state index contributed by atoms with van der Waals surface area (Å²) in [5.41, 5.74) is 0.885. The molecular weight excluding hydrogens is 270 g/mol. The van der Waals surface area contributed by atoms with E-state index in [4.69, 9.17) is 0 Å². The average Bonchev–Trinajstić information content (AvgIpc) is 2.41. The van der Waals surface area contributed by atoms with Crippen molar-refractivity contribution in [2.75, 3.05) is 6.54 Å². The molecule has 1 aromatic heterocycles. The van der Waals surface area contributed by atoms with Crippen LogP contribution >= 0.6 is 11.8 Å². The van der Waals surface area contributed by atoms with Gasteiger partial charge in [0, 0.05) is 23.1 Å². The number of aromatic amines is 1. The summed E-state index contributed by atoms with van der Waals surface area (Å²) in [6.45, 7) is 5.26. The van der Waals surface area contributed by atoms with Gasteiger partial charge in [0.25, 0.3) is 5.56 Å². The van der Waals surface area contributed by atoms with E-state index in [-0.39, 0.29) is 5.56 Å². The van der Waals surface area contributed by atoms with E-state index in [1.165, 1.54) is 25.7 Å². The van der Waals surface area contributed by atoms with Crippen LogP contribution in [0.2, 0.25) is 0 Å². The number of rotatable bonds is 6. The molecule has 20 heavy (non-hydrogen) atoms. The second-order valence-electron chi connectivity index (χ2n) is 5.40. The van der Waals surface area contributed by atoms with E-state index in [1.807, 2.05) is 0 Å². The van der Waals surface area contributed by atoms with Gasteiger partial charge in [-0.15, -0.1) is 0 Å². The first-order chi connectivity index (χ1) is 9.72. The van der Waals surface area contributed by atoms with Gasteiger partial charge < -0.3 is 10.3 Å². The second-order valence-corrected chi connectivity index (χ2v) is 6.62. The molecule has 1 aliphatic rings. The lowest BCUT2D eigenvalue weighted by Gasteiger charge is -2.31. The third kappa shape index (κ3) is 4.35. The summed E-state index contributed by atoms with van der Waals surface area (Å²) >= 11 is 1.74. The predicted octanol–water partition coefficient (Wildman–Crippen LogP) is 2.74. The molecule has 2 rings (SSSR count). The molecule has 5 heteroatoms. The quantitative estimate of drug-likeness (QED) is 0.792. The van der Waals surface area contributed by atoms with E-state index in [2.05, 4.69) is 29.1 Å². The minimum Gasteiger partial charge on any atom is -0.313 e. The smallest absolute Gasteiger partial charge is 0.251 e. The Morgan fingerprint density at radius 2 is 2.20 bits per heavy atom. The summed E-state index contributed by atoms with van der Waals surface area (Å²) in [6.07, 6.45) is 6.89. The molecule has 2 N–H and O–H groups in total. The summed E-state index contributed by atoms with van der Waals surface area (Å²) in [5.74, 6) is 0. The van der Waals surface area contributed by atoms with Gasteiger partial charge in [-0.25, -0.2) is 4.98 Å². The Morgan fingerprint density at radius 3 is 2.95 bits per heavy atom. The van der Waals surface area contributed by atoms with Crippen molar-refractivity contribution in [2.45, 2.75) is 68.8 Å². The van der Waals surface area contributed by atoms with E-state index in [0.717, 1.165) is 30.2 Å². The number of hydrogen-bond donors (Lipinski definition) is 2. The van der Waals surface area contributed by atoms with E-state index in [9.17, 15) is 4.79 Å². The van der Waals surface area contributed by atoms with Gasteiger partial charge >= 0.3 is 0 Å². The molecule has 1 heterocycles. The van der Waals surface area contributed by atoms with Gasteiger partial charge in [0.2, 0.25) is 0 Å². The standard InChI is InChI=1S/C15H25N3OS/c1-3-7-11-10-14(19)18-15(17-11)20-13-9-6-5-8-12(13)16-4-2/h10,12-13,16H,3-9H2,1-2H3,(H,17,18,19). The topological polar surface area (TPSA) is 57.8 Å². The largest absolute Gasteiger partial charge is 0.313 e. The molecule has 0 aromatic carbocycles. The normalized spacial score (nSPS) is 22.9. The summed E-state index contributed by atoms with van der Waals surface area (Å²) in [6, 6.07) is 2.16. The Bertz CT molecular complexity index is 472. The SMILES string of the molecule is CCCc1cc(=O)[nH]c(SC2CCCCC2NCC)n1. The van der Waals surface area contributed by atoms with Crippen molar-refractivity contribution in [1.29, 1.82) is 0 Å². The third-order valence-electron chi connectivity index (χ3n) is 3.71. The molecule has 1 aliphatic carbocycles. The highest BCUT2D eigenvalue weighted by Gasteiger charge is 2.26. The molecule has 0 bridgehead atoms. The fraction of sp³-hybridized carbons (Fsp3) is 0.733. The average molecular weight is 295 g/mol. The van der Waals surface area contributed by atoms with Crippen LogP contribution in [0.4, 0.5) is 0 Å². The minimum atomic E-state index is -0.0261. The van der Waals surface area contributed by atoms with Gasteiger partial charge in [0.15, 0.2) is 5.16 Å². The predicted molar refractivity (Wildman–Crippen MR) is 84.4 cm³/mol. The van der Waals surface area contributed by atoms with E-state index >= 15 is 0 Å². The highest BCUT2D eigenvalue weighted by atomic mass is 32.2. The number of aryl methyl sites for hydroxylation is 1. The van der Waals surface area contributed by atoms with Gasteiger partial charge in [-0.2, -0.15) is 0 Å². The number of thioether (sulfide) groups is 1. The van der Waals surface area contributed by atoms with Crippen LogP contribution in [0.5, 0.6) is 0 Å². The second kappa shape index (κ2) is 7.84. The summed E-state index contributed by atoms with van der Waals surface area (Å²) in [4.78, 5) is 19.2. The minimum absolute atomic E-state index is 0.0261. The van der Waals surface area contributed by atoms with Gasteiger partial charge in [-0.1, -0.05) is 44.9 Å². The van der Waals surface area contributed by atoms with Crippen molar-refractivity contribution in [1.82, 2.24) is 15.3 Å². The first-order valence-electron chi connectivity index (χ1n) is 7.73. The first kappa shape index (κ1) is 15.6.